The first-order valence-corrected chi connectivity index (χ1v) is 9.88. The van der Waals surface area contributed by atoms with Crippen LogP contribution in [0.1, 0.15) is 52.2 Å². The summed E-state index contributed by atoms with van der Waals surface area (Å²) in [4.78, 5) is 11.9. The monoisotopic (exact) mass is 416 g/mol. The number of aromatic hydroxyl groups is 1. The van der Waals surface area contributed by atoms with Crippen LogP contribution in [0.4, 0.5) is 0 Å². The van der Waals surface area contributed by atoms with E-state index < -0.39 is 5.91 Å². The minimum absolute atomic E-state index is 0.0260. The van der Waals surface area contributed by atoms with Crippen molar-refractivity contribution in [2.24, 2.45) is 10.5 Å². The van der Waals surface area contributed by atoms with Gasteiger partial charge in [-0.3, -0.25) is 4.79 Å². The molecule has 0 saturated heterocycles. The largest absolute Gasteiger partial charge is 0.507 e. The molecule has 1 amide bonds. The lowest BCUT2D eigenvalue weighted by atomic mass is 9.72. The predicted octanol–water partition coefficient (Wildman–Crippen LogP) is 5.29. The Balaban J connectivity index is 1.87. The number of ether oxygens (including phenoxy) is 1. The van der Waals surface area contributed by atoms with E-state index in [4.69, 9.17) is 16.3 Å². The van der Waals surface area contributed by atoms with Gasteiger partial charge in [-0.2, -0.15) is 5.10 Å². The highest BCUT2D eigenvalue weighted by Crippen LogP contribution is 2.36. The number of rotatable bonds is 7. The van der Waals surface area contributed by atoms with Crippen LogP contribution >= 0.6 is 11.6 Å². The number of halogens is 1. The normalized spacial score (nSPS) is 12.2. The van der Waals surface area contributed by atoms with E-state index in [0.29, 0.717) is 16.3 Å². The lowest BCUT2D eigenvalue weighted by molar-refractivity contribution is -0.123. The predicted molar refractivity (Wildman–Crippen MR) is 118 cm³/mol. The zero-order chi connectivity index (χ0) is 21.7. The molecule has 2 aromatic carbocycles. The van der Waals surface area contributed by atoms with Crippen molar-refractivity contribution < 1.29 is 14.6 Å². The summed E-state index contributed by atoms with van der Waals surface area (Å²) in [6.45, 7) is 11.0. The molecule has 2 aromatic rings. The fraction of sp³-hybridized carbons (Fsp3) is 0.391. The molecule has 0 aliphatic carbocycles. The van der Waals surface area contributed by atoms with Crippen LogP contribution in [-0.4, -0.2) is 23.8 Å². The third kappa shape index (κ3) is 7.42. The molecule has 0 unspecified atom stereocenters. The number of carbonyl (C=O) groups excluding carboxylic acids is 1. The van der Waals surface area contributed by atoms with E-state index in [1.807, 2.05) is 24.3 Å². The summed E-state index contributed by atoms with van der Waals surface area (Å²) >= 11 is 5.87. The summed E-state index contributed by atoms with van der Waals surface area (Å²) in [5.74, 6) is 0.241. The van der Waals surface area contributed by atoms with Crippen molar-refractivity contribution in [3.8, 4) is 11.5 Å². The Bertz CT molecular complexity index is 869. The molecule has 0 saturated carbocycles. The third-order valence-corrected chi connectivity index (χ3v) is 4.60. The Kier molecular flexibility index (Phi) is 7.31. The molecule has 0 aliphatic rings. The van der Waals surface area contributed by atoms with E-state index in [1.54, 1.807) is 12.1 Å². The summed E-state index contributed by atoms with van der Waals surface area (Å²) in [5.41, 5.74) is 4.29. The van der Waals surface area contributed by atoms with Crippen LogP contribution in [0.15, 0.2) is 47.6 Å². The molecule has 0 heterocycles. The van der Waals surface area contributed by atoms with E-state index >= 15 is 0 Å². The first-order valence-electron chi connectivity index (χ1n) is 9.50. The van der Waals surface area contributed by atoms with Crippen LogP contribution in [0.25, 0.3) is 0 Å². The molecule has 0 fully saturated rings. The molecule has 29 heavy (non-hydrogen) atoms. The van der Waals surface area contributed by atoms with Gasteiger partial charge in [-0.15, -0.1) is 0 Å². The standard InChI is InChI=1S/C23H29ClN2O3/c1-22(2,3)15-23(4,5)17-6-9-19(10-7-17)29-14-21(28)26-25-13-16-12-18(24)8-11-20(16)27/h6-13,27H,14-15H2,1-5H3,(H,26,28). The van der Waals surface area contributed by atoms with Crippen molar-refractivity contribution in [2.45, 2.75) is 46.5 Å². The smallest absolute Gasteiger partial charge is 0.277 e. The van der Waals surface area contributed by atoms with Crippen LogP contribution in [0.5, 0.6) is 11.5 Å². The average molecular weight is 417 g/mol. The average Bonchev–Trinajstić information content (AvgIpc) is 2.61. The van der Waals surface area contributed by atoms with E-state index in [2.05, 4.69) is 45.1 Å². The first kappa shape index (κ1) is 22.8. The Morgan fingerprint density at radius 1 is 1.14 bits per heavy atom. The highest BCUT2D eigenvalue weighted by molar-refractivity contribution is 6.30. The van der Waals surface area contributed by atoms with Crippen LogP contribution in [0.2, 0.25) is 5.02 Å². The summed E-state index contributed by atoms with van der Waals surface area (Å²) in [7, 11) is 0. The molecular weight excluding hydrogens is 388 g/mol. The number of benzene rings is 2. The van der Waals surface area contributed by atoms with Crippen molar-refractivity contribution in [1.29, 1.82) is 0 Å². The lowest BCUT2D eigenvalue weighted by Gasteiger charge is -2.33. The van der Waals surface area contributed by atoms with E-state index in [1.165, 1.54) is 17.8 Å². The number of carbonyl (C=O) groups is 1. The molecule has 0 radical (unpaired) electrons. The molecule has 0 atom stereocenters. The molecule has 2 N–H and O–H groups in total. The van der Waals surface area contributed by atoms with Gasteiger partial charge in [0.05, 0.1) is 6.21 Å². The zero-order valence-corrected chi connectivity index (χ0v) is 18.4. The molecule has 5 nitrogen and oxygen atoms in total. The topological polar surface area (TPSA) is 70.9 Å². The van der Waals surface area contributed by atoms with Gasteiger partial charge in [0.15, 0.2) is 6.61 Å². The van der Waals surface area contributed by atoms with Gasteiger partial charge in [0.2, 0.25) is 0 Å². The summed E-state index contributed by atoms with van der Waals surface area (Å²) < 4.78 is 5.53. The number of hydrogen-bond donors (Lipinski definition) is 2. The summed E-state index contributed by atoms with van der Waals surface area (Å²) in [6.07, 6.45) is 2.38. The minimum atomic E-state index is -0.403. The molecule has 0 spiro atoms. The second-order valence-electron chi connectivity index (χ2n) is 8.93. The Morgan fingerprint density at radius 2 is 1.79 bits per heavy atom. The highest BCUT2D eigenvalue weighted by atomic mass is 35.5. The molecule has 0 aliphatic heterocycles. The zero-order valence-electron chi connectivity index (χ0n) is 17.6. The minimum Gasteiger partial charge on any atom is -0.507 e. The number of nitrogens with zero attached hydrogens (tertiary/aromatic N) is 1. The van der Waals surface area contributed by atoms with E-state index in [9.17, 15) is 9.90 Å². The number of amides is 1. The van der Waals surface area contributed by atoms with Crippen LogP contribution in [-0.2, 0) is 10.2 Å². The van der Waals surface area contributed by atoms with Crippen LogP contribution in [0, 0.1) is 5.41 Å². The summed E-state index contributed by atoms with van der Waals surface area (Å²) in [5, 5.41) is 14.0. The number of phenols is 1. The molecule has 0 aromatic heterocycles. The van der Waals surface area contributed by atoms with Gasteiger partial charge in [-0.25, -0.2) is 5.43 Å². The first-order chi connectivity index (χ1) is 13.5. The molecule has 156 valence electrons. The van der Waals surface area contributed by atoms with Gasteiger partial charge >= 0.3 is 0 Å². The number of hydrazone groups is 1. The SMILES string of the molecule is CC(C)(C)CC(C)(C)c1ccc(OCC(=O)NN=Cc2cc(Cl)ccc2O)cc1. The Hall–Kier alpha value is -2.53. The molecule has 0 bridgehead atoms. The van der Waals surface area contributed by atoms with Gasteiger partial charge in [0, 0.05) is 10.6 Å². The van der Waals surface area contributed by atoms with E-state index in [0.717, 1.165) is 6.42 Å². The fourth-order valence-electron chi connectivity index (χ4n) is 3.41. The van der Waals surface area contributed by atoms with Crippen molar-refractivity contribution in [3.63, 3.8) is 0 Å². The molecular formula is C23H29ClN2O3. The maximum Gasteiger partial charge on any atom is 0.277 e. The van der Waals surface area contributed by atoms with Crippen molar-refractivity contribution >= 4 is 23.7 Å². The van der Waals surface area contributed by atoms with Crippen molar-refractivity contribution in [3.05, 3.63) is 58.6 Å². The van der Waals surface area contributed by atoms with E-state index in [-0.39, 0.29) is 23.2 Å². The number of hydrogen-bond acceptors (Lipinski definition) is 4. The second kappa shape index (κ2) is 9.31. The molecule has 2 rings (SSSR count). The van der Waals surface area contributed by atoms with Gasteiger partial charge in [-0.05, 0) is 53.1 Å². The lowest BCUT2D eigenvalue weighted by Crippen LogP contribution is -2.25. The second-order valence-corrected chi connectivity index (χ2v) is 9.37. The quantitative estimate of drug-likeness (QED) is 0.476. The van der Waals surface area contributed by atoms with Gasteiger partial charge in [0.25, 0.3) is 5.91 Å². The van der Waals surface area contributed by atoms with Crippen LogP contribution in [0.3, 0.4) is 0 Å². The molecule has 6 heteroatoms. The van der Waals surface area contributed by atoms with Gasteiger partial charge in [0.1, 0.15) is 11.5 Å². The fourth-order valence-corrected chi connectivity index (χ4v) is 3.59. The third-order valence-electron chi connectivity index (χ3n) is 4.36. The number of nitrogens with one attached hydrogen (secondary N) is 1. The van der Waals surface area contributed by atoms with Crippen molar-refractivity contribution in [1.82, 2.24) is 5.43 Å². The maximum absolute atomic E-state index is 11.9. The van der Waals surface area contributed by atoms with Gasteiger partial charge in [-0.1, -0.05) is 58.4 Å². The maximum atomic E-state index is 11.9. The highest BCUT2D eigenvalue weighted by Gasteiger charge is 2.27. The number of phenolic OH excluding ortho intramolecular Hbond substituents is 1. The van der Waals surface area contributed by atoms with Crippen molar-refractivity contribution in [2.75, 3.05) is 6.61 Å². The van der Waals surface area contributed by atoms with Gasteiger partial charge < -0.3 is 9.84 Å². The summed E-state index contributed by atoms with van der Waals surface area (Å²) in [6, 6.07) is 12.4. The Labute approximate surface area is 177 Å². The Morgan fingerprint density at radius 3 is 2.41 bits per heavy atom. The van der Waals surface area contributed by atoms with Crippen LogP contribution < -0.4 is 10.2 Å².